The Morgan fingerprint density at radius 2 is 1.50 bits per heavy atom. The van der Waals surface area contributed by atoms with E-state index in [0.717, 1.165) is 58.5 Å². The fourth-order valence-electron chi connectivity index (χ4n) is 4.50. The van der Waals surface area contributed by atoms with E-state index in [4.69, 9.17) is 0 Å². The molecule has 0 saturated carbocycles. The second-order valence-electron chi connectivity index (χ2n) is 7.99. The van der Waals surface area contributed by atoms with Crippen molar-refractivity contribution >= 4 is 27.3 Å². The normalized spacial score (nSPS) is 16.1. The number of aryl methyl sites for hydroxylation is 4. The molecule has 2 aliphatic rings. The van der Waals surface area contributed by atoms with Crippen LogP contribution in [0.25, 0.3) is 0 Å². The molecule has 0 aromatic heterocycles. The van der Waals surface area contributed by atoms with Crippen LogP contribution in [0.15, 0.2) is 23.1 Å². The third-order valence-electron chi connectivity index (χ3n) is 6.09. The van der Waals surface area contributed by atoms with Gasteiger partial charge in [-0.3, -0.25) is 9.52 Å². The fraction of sp³-hybridized carbons (Fsp3) is 0.409. The lowest BCUT2D eigenvalue weighted by molar-refractivity contribution is -0.119. The molecule has 5 nitrogen and oxygen atoms in total. The van der Waals surface area contributed by atoms with Gasteiger partial charge in [-0.05, 0) is 92.5 Å². The van der Waals surface area contributed by atoms with E-state index >= 15 is 0 Å². The molecule has 28 heavy (non-hydrogen) atoms. The average Bonchev–Trinajstić information content (AvgIpc) is 2.62. The number of carbonyl (C=O) groups excluding carboxylic acids is 1. The van der Waals surface area contributed by atoms with Crippen molar-refractivity contribution < 1.29 is 13.2 Å². The van der Waals surface area contributed by atoms with Crippen molar-refractivity contribution in [3.05, 3.63) is 51.6 Å². The zero-order valence-electron chi connectivity index (χ0n) is 16.8. The molecule has 0 spiro atoms. The summed E-state index contributed by atoms with van der Waals surface area (Å²) in [5.74, 6) is 0.170. The molecule has 148 valence electrons. The largest absolute Gasteiger partial charge is 0.312 e. The predicted octanol–water partition coefficient (Wildman–Crippen LogP) is 3.95. The van der Waals surface area contributed by atoms with E-state index in [9.17, 15) is 13.2 Å². The molecule has 0 fully saturated rings. The number of carbonyl (C=O) groups is 1. The van der Waals surface area contributed by atoms with Crippen molar-refractivity contribution in [1.29, 1.82) is 0 Å². The Balaban J connectivity index is 1.78. The lowest BCUT2D eigenvalue weighted by Gasteiger charge is -2.35. The van der Waals surface area contributed by atoms with Gasteiger partial charge in [0.05, 0.1) is 10.6 Å². The topological polar surface area (TPSA) is 66.5 Å². The maximum Gasteiger partial charge on any atom is 0.262 e. The molecular weight excluding hydrogens is 372 g/mol. The molecule has 0 atom stereocenters. The van der Waals surface area contributed by atoms with E-state index in [-0.39, 0.29) is 5.91 Å². The van der Waals surface area contributed by atoms with Crippen LogP contribution in [0.2, 0.25) is 0 Å². The fourth-order valence-corrected chi connectivity index (χ4v) is 6.16. The molecule has 1 amide bonds. The second kappa shape index (κ2) is 6.62. The number of amides is 1. The molecule has 0 radical (unpaired) electrons. The maximum atomic E-state index is 13.3. The van der Waals surface area contributed by atoms with Crippen LogP contribution in [-0.2, 0) is 27.7 Å². The first-order valence-electron chi connectivity index (χ1n) is 9.75. The molecule has 2 heterocycles. The first kappa shape index (κ1) is 19.0. The molecular formula is C22H26N2O3S. The SMILES string of the molecule is Cc1cc(C)c(C)c(S(=O)(=O)Nc2cc3c4c(c2)CCC(=O)N4CCC3)c1C. The van der Waals surface area contributed by atoms with Gasteiger partial charge >= 0.3 is 0 Å². The van der Waals surface area contributed by atoms with Crippen molar-refractivity contribution in [1.82, 2.24) is 0 Å². The maximum absolute atomic E-state index is 13.3. The third kappa shape index (κ3) is 3.00. The minimum atomic E-state index is -3.71. The Morgan fingerprint density at radius 3 is 2.14 bits per heavy atom. The molecule has 2 aliphatic heterocycles. The second-order valence-corrected chi connectivity index (χ2v) is 9.61. The third-order valence-corrected chi connectivity index (χ3v) is 7.75. The Hall–Kier alpha value is -2.34. The van der Waals surface area contributed by atoms with E-state index in [1.54, 1.807) is 0 Å². The molecule has 0 aliphatic carbocycles. The van der Waals surface area contributed by atoms with Gasteiger partial charge < -0.3 is 4.90 Å². The number of benzene rings is 2. The average molecular weight is 399 g/mol. The number of rotatable bonds is 3. The Morgan fingerprint density at radius 1 is 0.893 bits per heavy atom. The van der Waals surface area contributed by atoms with E-state index < -0.39 is 10.0 Å². The lowest BCUT2D eigenvalue weighted by atomic mass is 9.91. The van der Waals surface area contributed by atoms with Crippen LogP contribution < -0.4 is 9.62 Å². The number of nitrogens with zero attached hydrogens (tertiary/aromatic N) is 1. The van der Waals surface area contributed by atoms with Gasteiger partial charge in [-0.25, -0.2) is 8.42 Å². The number of hydrogen-bond acceptors (Lipinski definition) is 3. The highest BCUT2D eigenvalue weighted by Crippen LogP contribution is 2.38. The molecule has 4 rings (SSSR count). The summed E-state index contributed by atoms with van der Waals surface area (Å²) in [4.78, 5) is 14.5. The highest BCUT2D eigenvalue weighted by Gasteiger charge is 2.30. The zero-order valence-corrected chi connectivity index (χ0v) is 17.7. The number of anilines is 2. The summed E-state index contributed by atoms with van der Waals surface area (Å²) in [6, 6.07) is 5.82. The zero-order chi connectivity index (χ0) is 20.2. The lowest BCUT2D eigenvalue weighted by Crippen LogP contribution is -2.39. The van der Waals surface area contributed by atoms with Crippen LogP contribution in [0.4, 0.5) is 11.4 Å². The Kier molecular flexibility index (Phi) is 4.49. The summed E-state index contributed by atoms with van der Waals surface area (Å²) >= 11 is 0. The van der Waals surface area contributed by atoms with Gasteiger partial charge in [0.15, 0.2) is 0 Å². The minimum absolute atomic E-state index is 0.170. The highest BCUT2D eigenvalue weighted by molar-refractivity contribution is 7.92. The van der Waals surface area contributed by atoms with Crippen LogP contribution in [0.3, 0.4) is 0 Å². The number of hydrogen-bond donors (Lipinski definition) is 1. The molecule has 0 saturated heterocycles. The van der Waals surface area contributed by atoms with Crippen molar-refractivity contribution in [2.24, 2.45) is 0 Å². The monoisotopic (exact) mass is 398 g/mol. The first-order valence-corrected chi connectivity index (χ1v) is 11.2. The van der Waals surface area contributed by atoms with Crippen LogP contribution in [0.5, 0.6) is 0 Å². The molecule has 1 N–H and O–H groups in total. The van der Waals surface area contributed by atoms with Gasteiger partial charge in [-0.1, -0.05) is 6.07 Å². The predicted molar refractivity (Wildman–Crippen MR) is 112 cm³/mol. The molecule has 2 aromatic rings. The van der Waals surface area contributed by atoms with E-state index in [2.05, 4.69) is 4.72 Å². The summed E-state index contributed by atoms with van der Waals surface area (Å²) in [5.41, 5.74) is 7.22. The standard InChI is InChI=1S/C22H26N2O3S/c1-13-10-14(2)16(4)22(15(13)3)28(26,27)23-19-11-17-6-5-9-24-20(25)8-7-18(12-19)21(17)24/h10-12,23H,5-9H2,1-4H3. The summed E-state index contributed by atoms with van der Waals surface area (Å²) in [6.07, 6.45) is 2.92. The highest BCUT2D eigenvalue weighted by atomic mass is 32.2. The van der Waals surface area contributed by atoms with Gasteiger partial charge in [0.1, 0.15) is 0 Å². The van der Waals surface area contributed by atoms with E-state index in [0.29, 0.717) is 23.4 Å². The van der Waals surface area contributed by atoms with Gasteiger partial charge in [-0.15, -0.1) is 0 Å². The Bertz CT molecular complexity index is 1060. The summed E-state index contributed by atoms with van der Waals surface area (Å²) in [7, 11) is -3.71. The summed E-state index contributed by atoms with van der Waals surface area (Å²) in [6.45, 7) is 8.35. The van der Waals surface area contributed by atoms with Gasteiger partial charge in [-0.2, -0.15) is 0 Å². The summed E-state index contributed by atoms with van der Waals surface area (Å²) in [5, 5.41) is 0. The molecule has 2 aromatic carbocycles. The van der Waals surface area contributed by atoms with Crippen molar-refractivity contribution in [2.45, 2.75) is 58.3 Å². The number of nitrogens with one attached hydrogen (secondary N) is 1. The van der Waals surface area contributed by atoms with Crippen molar-refractivity contribution in [3.63, 3.8) is 0 Å². The van der Waals surface area contributed by atoms with Gasteiger partial charge in [0.2, 0.25) is 5.91 Å². The quantitative estimate of drug-likeness (QED) is 0.851. The van der Waals surface area contributed by atoms with Crippen LogP contribution in [-0.4, -0.2) is 20.9 Å². The van der Waals surface area contributed by atoms with Crippen LogP contribution >= 0.6 is 0 Å². The van der Waals surface area contributed by atoms with Crippen molar-refractivity contribution in [3.8, 4) is 0 Å². The van der Waals surface area contributed by atoms with E-state index in [1.807, 2.05) is 50.8 Å². The molecule has 0 unspecified atom stereocenters. The smallest absolute Gasteiger partial charge is 0.262 e. The van der Waals surface area contributed by atoms with E-state index in [1.165, 1.54) is 0 Å². The molecule has 6 heteroatoms. The minimum Gasteiger partial charge on any atom is -0.312 e. The van der Waals surface area contributed by atoms with Gasteiger partial charge in [0.25, 0.3) is 10.0 Å². The molecule has 0 bridgehead atoms. The van der Waals surface area contributed by atoms with Crippen molar-refractivity contribution in [2.75, 3.05) is 16.2 Å². The number of sulfonamides is 1. The summed E-state index contributed by atoms with van der Waals surface area (Å²) < 4.78 is 29.4. The van der Waals surface area contributed by atoms with Gasteiger partial charge in [0, 0.05) is 18.7 Å². The van der Waals surface area contributed by atoms with Crippen LogP contribution in [0, 0.1) is 27.7 Å². The van der Waals surface area contributed by atoms with Crippen LogP contribution in [0.1, 0.15) is 46.2 Å². The Labute approximate surface area is 166 Å². The first-order chi connectivity index (χ1) is 13.2.